The predicted octanol–water partition coefficient (Wildman–Crippen LogP) is 2.73. The van der Waals surface area contributed by atoms with Crippen molar-refractivity contribution in [3.63, 3.8) is 0 Å². The number of urea groups is 1. The van der Waals surface area contributed by atoms with Gasteiger partial charge >= 0.3 is 12.0 Å². The highest BCUT2D eigenvalue weighted by atomic mass is 35.5. The van der Waals surface area contributed by atoms with Crippen LogP contribution in [0.5, 0.6) is 5.75 Å². The van der Waals surface area contributed by atoms with Crippen molar-refractivity contribution in [2.45, 2.75) is 19.3 Å². The molecule has 0 aliphatic heterocycles. The lowest BCUT2D eigenvalue weighted by atomic mass is 9.69. The third-order valence-corrected chi connectivity index (χ3v) is 4.10. The molecular formula is C14H17ClN2O4. The number of rotatable bonds is 5. The molecule has 1 aromatic carbocycles. The number of hydrogen-bond acceptors (Lipinski definition) is 3. The average molecular weight is 313 g/mol. The van der Waals surface area contributed by atoms with Crippen LogP contribution in [-0.2, 0) is 4.79 Å². The van der Waals surface area contributed by atoms with Crippen molar-refractivity contribution in [1.82, 2.24) is 5.32 Å². The lowest BCUT2D eigenvalue weighted by Crippen LogP contribution is -2.48. The second-order valence-electron chi connectivity index (χ2n) is 5.09. The molecule has 0 atom stereocenters. The Bertz CT molecular complexity index is 558. The monoisotopic (exact) mass is 312 g/mol. The number of carboxylic acids is 1. The lowest BCUT2D eigenvalue weighted by Gasteiger charge is -2.37. The van der Waals surface area contributed by atoms with Gasteiger partial charge in [-0.2, -0.15) is 0 Å². The SMILES string of the molecule is COc1ccc(Cl)c(NC(=O)NCC2(C(=O)O)CCC2)c1. The summed E-state index contributed by atoms with van der Waals surface area (Å²) in [7, 11) is 1.51. The zero-order valence-corrected chi connectivity index (χ0v) is 12.4. The van der Waals surface area contributed by atoms with Crippen LogP contribution in [-0.4, -0.2) is 30.8 Å². The molecule has 21 heavy (non-hydrogen) atoms. The first-order valence-electron chi connectivity index (χ1n) is 6.59. The number of amides is 2. The van der Waals surface area contributed by atoms with Gasteiger partial charge in [0.25, 0.3) is 0 Å². The van der Waals surface area contributed by atoms with Gasteiger partial charge in [-0.05, 0) is 25.0 Å². The minimum absolute atomic E-state index is 0.107. The van der Waals surface area contributed by atoms with Gasteiger partial charge in [0.15, 0.2) is 0 Å². The van der Waals surface area contributed by atoms with Crippen molar-refractivity contribution in [3.8, 4) is 5.75 Å². The fourth-order valence-corrected chi connectivity index (χ4v) is 2.38. The Balaban J connectivity index is 1.94. The summed E-state index contributed by atoms with van der Waals surface area (Å²) in [6, 6.07) is 4.40. The maximum Gasteiger partial charge on any atom is 0.319 e. The Hall–Kier alpha value is -1.95. The molecule has 0 saturated heterocycles. The molecule has 0 heterocycles. The number of ether oxygens (including phenoxy) is 1. The van der Waals surface area contributed by atoms with E-state index in [0.717, 1.165) is 6.42 Å². The van der Waals surface area contributed by atoms with E-state index in [1.165, 1.54) is 7.11 Å². The van der Waals surface area contributed by atoms with Gasteiger partial charge in [-0.3, -0.25) is 4.79 Å². The minimum Gasteiger partial charge on any atom is -0.497 e. The molecule has 0 radical (unpaired) electrons. The van der Waals surface area contributed by atoms with Crippen molar-refractivity contribution in [2.24, 2.45) is 5.41 Å². The lowest BCUT2D eigenvalue weighted by molar-refractivity contribution is -0.153. The third-order valence-electron chi connectivity index (χ3n) is 3.77. The maximum atomic E-state index is 11.9. The van der Waals surface area contributed by atoms with E-state index < -0.39 is 17.4 Å². The number of aliphatic carboxylic acids is 1. The number of carbonyl (C=O) groups is 2. The number of methoxy groups -OCH3 is 1. The standard InChI is InChI=1S/C14H17ClN2O4/c1-21-9-3-4-10(15)11(7-9)17-13(20)16-8-14(12(18)19)5-2-6-14/h3-4,7H,2,5-6,8H2,1H3,(H,18,19)(H2,16,17,20). The molecule has 0 bridgehead atoms. The summed E-state index contributed by atoms with van der Waals surface area (Å²) in [6.45, 7) is 0.107. The number of carbonyl (C=O) groups excluding carboxylic acids is 1. The Morgan fingerprint density at radius 3 is 2.67 bits per heavy atom. The van der Waals surface area contributed by atoms with Gasteiger partial charge in [0.1, 0.15) is 5.75 Å². The van der Waals surface area contributed by atoms with Crippen LogP contribution in [0.3, 0.4) is 0 Å². The smallest absolute Gasteiger partial charge is 0.319 e. The van der Waals surface area contributed by atoms with Crippen LogP contribution in [0, 0.1) is 5.41 Å². The molecule has 1 aliphatic carbocycles. The summed E-state index contributed by atoms with van der Waals surface area (Å²) in [6.07, 6.45) is 2.04. The van der Waals surface area contributed by atoms with Gasteiger partial charge in [0.05, 0.1) is 23.2 Å². The van der Waals surface area contributed by atoms with Gasteiger partial charge in [-0.25, -0.2) is 4.79 Å². The normalized spacial score (nSPS) is 15.7. The summed E-state index contributed by atoms with van der Waals surface area (Å²) >= 11 is 5.98. The number of anilines is 1. The van der Waals surface area contributed by atoms with Gasteiger partial charge in [-0.15, -0.1) is 0 Å². The first kappa shape index (κ1) is 15.4. The second-order valence-corrected chi connectivity index (χ2v) is 5.50. The van der Waals surface area contributed by atoms with Gasteiger partial charge in [0, 0.05) is 12.6 Å². The fraction of sp³-hybridized carbons (Fsp3) is 0.429. The molecule has 2 amide bonds. The quantitative estimate of drug-likeness (QED) is 0.780. The van der Waals surface area contributed by atoms with Crippen LogP contribution in [0.4, 0.5) is 10.5 Å². The largest absolute Gasteiger partial charge is 0.497 e. The van der Waals surface area contributed by atoms with Crippen LogP contribution in [0.15, 0.2) is 18.2 Å². The zero-order valence-electron chi connectivity index (χ0n) is 11.6. The van der Waals surface area contributed by atoms with Crippen molar-refractivity contribution in [1.29, 1.82) is 0 Å². The molecule has 6 nitrogen and oxygen atoms in total. The molecule has 1 saturated carbocycles. The number of carboxylic acid groups (broad SMARTS) is 1. The molecule has 3 N–H and O–H groups in total. The van der Waals surface area contributed by atoms with Crippen molar-refractivity contribution in [3.05, 3.63) is 23.2 Å². The molecule has 114 valence electrons. The van der Waals surface area contributed by atoms with Crippen LogP contribution >= 0.6 is 11.6 Å². The van der Waals surface area contributed by atoms with E-state index >= 15 is 0 Å². The van der Waals surface area contributed by atoms with Crippen LogP contribution in [0.25, 0.3) is 0 Å². The number of benzene rings is 1. The molecule has 1 aliphatic rings. The first-order valence-corrected chi connectivity index (χ1v) is 6.96. The van der Waals surface area contributed by atoms with Crippen LogP contribution in [0.2, 0.25) is 5.02 Å². The third kappa shape index (κ3) is 3.39. The van der Waals surface area contributed by atoms with E-state index in [4.69, 9.17) is 16.3 Å². The molecule has 0 spiro atoms. The number of hydrogen-bond donors (Lipinski definition) is 3. The Morgan fingerprint density at radius 1 is 1.43 bits per heavy atom. The highest BCUT2D eigenvalue weighted by Gasteiger charge is 2.44. The fourth-order valence-electron chi connectivity index (χ4n) is 2.21. The Morgan fingerprint density at radius 2 is 2.14 bits per heavy atom. The number of halogens is 1. The van der Waals surface area contributed by atoms with E-state index in [2.05, 4.69) is 10.6 Å². The molecule has 0 aromatic heterocycles. The minimum atomic E-state index is -0.867. The molecule has 2 rings (SSSR count). The average Bonchev–Trinajstić information content (AvgIpc) is 2.39. The van der Waals surface area contributed by atoms with Gasteiger partial charge in [-0.1, -0.05) is 18.0 Å². The highest BCUT2D eigenvalue weighted by molar-refractivity contribution is 6.33. The molecule has 1 aromatic rings. The van der Waals surface area contributed by atoms with E-state index in [9.17, 15) is 14.7 Å². The summed E-state index contributed by atoms with van der Waals surface area (Å²) in [5.41, 5.74) is -0.415. The second kappa shape index (κ2) is 6.22. The summed E-state index contributed by atoms with van der Waals surface area (Å²) < 4.78 is 5.06. The summed E-state index contributed by atoms with van der Waals surface area (Å²) in [5.74, 6) is -0.302. The number of nitrogens with one attached hydrogen (secondary N) is 2. The van der Waals surface area contributed by atoms with Crippen LogP contribution in [0.1, 0.15) is 19.3 Å². The van der Waals surface area contributed by atoms with E-state index in [-0.39, 0.29) is 6.54 Å². The molecule has 0 unspecified atom stereocenters. The van der Waals surface area contributed by atoms with Crippen molar-refractivity contribution in [2.75, 3.05) is 19.0 Å². The van der Waals surface area contributed by atoms with Crippen molar-refractivity contribution >= 4 is 29.3 Å². The van der Waals surface area contributed by atoms with Gasteiger partial charge < -0.3 is 20.5 Å². The topological polar surface area (TPSA) is 87.7 Å². The maximum absolute atomic E-state index is 11.9. The Kier molecular flexibility index (Phi) is 4.57. The first-order chi connectivity index (χ1) is 9.97. The summed E-state index contributed by atoms with van der Waals surface area (Å²) in [5, 5.41) is 14.7. The molecule has 1 fully saturated rings. The summed E-state index contributed by atoms with van der Waals surface area (Å²) in [4.78, 5) is 23.1. The molecule has 7 heteroatoms. The van der Waals surface area contributed by atoms with E-state index in [0.29, 0.717) is 29.3 Å². The highest BCUT2D eigenvalue weighted by Crippen LogP contribution is 2.40. The van der Waals surface area contributed by atoms with Crippen LogP contribution < -0.4 is 15.4 Å². The van der Waals surface area contributed by atoms with E-state index in [1.807, 2.05) is 0 Å². The zero-order chi connectivity index (χ0) is 15.5. The van der Waals surface area contributed by atoms with E-state index in [1.54, 1.807) is 18.2 Å². The Labute approximate surface area is 127 Å². The predicted molar refractivity (Wildman–Crippen MR) is 78.9 cm³/mol. The van der Waals surface area contributed by atoms with Crippen molar-refractivity contribution < 1.29 is 19.4 Å². The van der Waals surface area contributed by atoms with Gasteiger partial charge in [0.2, 0.25) is 0 Å². The molecular weight excluding hydrogens is 296 g/mol.